The van der Waals surface area contributed by atoms with Crippen LogP contribution in [0.5, 0.6) is 0 Å². The maximum Gasteiger partial charge on any atom is 0.0456 e. The van der Waals surface area contributed by atoms with E-state index in [1.807, 2.05) is 0 Å². The van der Waals surface area contributed by atoms with Crippen molar-refractivity contribution in [3.63, 3.8) is 0 Å². The van der Waals surface area contributed by atoms with E-state index in [4.69, 9.17) is 0 Å². The first kappa shape index (κ1) is 37.6. The van der Waals surface area contributed by atoms with Crippen LogP contribution >= 0.6 is 0 Å². The van der Waals surface area contributed by atoms with Crippen molar-refractivity contribution in [1.29, 1.82) is 0 Å². The molecule has 6 aromatic carbocycles. The van der Waals surface area contributed by atoms with Gasteiger partial charge >= 0.3 is 0 Å². The van der Waals surface area contributed by atoms with Gasteiger partial charge in [-0.3, -0.25) is 0 Å². The van der Waals surface area contributed by atoms with Gasteiger partial charge in [0, 0.05) is 17.1 Å². The van der Waals surface area contributed by atoms with Crippen LogP contribution < -0.4 is 0 Å². The van der Waals surface area contributed by atoms with Crippen molar-refractivity contribution >= 4 is 32.4 Å². The van der Waals surface area contributed by atoms with Crippen LogP contribution in [0.1, 0.15) is 70.4 Å². The van der Waals surface area contributed by atoms with E-state index in [1.165, 1.54) is 60.3 Å². The Morgan fingerprint density at radius 1 is 0.435 bits per heavy atom. The Balaban J connectivity index is 0.000000212. The van der Waals surface area contributed by atoms with E-state index in [-0.39, 0.29) is 14.9 Å². The number of aromatic nitrogens is 1. The molecule has 7 aromatic rings. The second-order valence-electron chi connectivity index (χ2n) is 11.1. The summed E-state index contributed by atoms with van der Waals surface area (Å²) in [5.74, 6) is 0. The minimum absolute atomic E-state index is 0. The molecule has 0 aliphatic heterocycles. The number of aryl methyl sites for hydroxylation is 5. The highest BCUT2D eigenvalue weighted by Gasteiger charge is 1.98. The maximum atomic E-state index is 3.24. The number of H-pyrrole nitrogens is 1. The Bertz CT molecular complexity index is 1840. The number of fused-ring (bicyclic) bond motifs is 3. The number of benzene rings is 6. The molecule has 0 aliphatic rings. The van der Waals surface area contributed by atoms with Crippen molar-refractivity contribution in [2.24, 2.45) is 0 Å². The number of hydrogen-bond acceptors (Lipinski definition) is 0. The lowest BCUT2D eigenvalue weighted by Crippen LogP contribution is -1.81. The van der Waals surface area contributed by atoms with Crippen LogP contribution in [0, 0.1) is 6.92 Å². The molecule has 0 atom stereocenters. The van der Waals surface area contributed by atoms with Gasteiger partial charge in [-0.1, -0.05) is 176 Å². The van der Waals surface area contributed by atoms with Crippen LogP contribution in [-0.2, 0) is 25.7 Å². The predicted molar refractivity (Wildman–Crippen MR) is 208 cm³/mol. The SMILES string of the molecule is C.C.CCc1c[nH]c2ccccc12.CCc1ccc(C)cc1.CCc1ccc2ccccc2c1.CCc1cccc2ccccc12. The van der Waals surface area contributed by atoms with Gasteiger partial charge < -0.3 is 4.98 Å². The van der Waals surface area contributed by atoms with Crippen molar-refractivity contribution in [1.82, 2.24) is 4.98 Å². The summed E-state index contributed by atoms with van der Waals surface area (Å²) in [4.78, 5) is 3.24. The van der Waals surface area contributed by atoms with Gasteiger partial charge in [-0.2, -0.15) is 0 Å². The zero-order valence-electron chi connectivity index (χ0n) is 27.1. The van der Waals surface area contributed by atoms with Crippen LogP contribution in [0.15, 0.2) is 140 Å². The summed E-state index contributed by atoms with van der Waals surface area (Å²) in [5, 5.41) is 6.76. The lowest BCUT2D eigenvalue weighted by atomic mass is 10.0. The first-order chi connectivity index (χ1) is 21.6. The van der Waals surface area contributed by atoms with Crippen molar-refractivity contribution in [2.45, 2.75) is 75.2 Å². The zero-order valence-corrected chi connectivity index (χ0v) is 27.1. The van der Waals surface area contributed by atoms with E-state index >= 15 is 0 Å². The molecule has 0 radical (unpaired) electrons. The summed E-state index contributed by atoms with van der Waals surface area (Å²) < 4.78 is 0. The van der Waals surface area contributed by atoms with Crippen LogP contribution in [0.3, 0.4) is 0 Å². The average Bonchev–Trinajstić information content (AvgIpc) is 3.52. The van der Waals surface area contributed by atoms with E-state index in [0.717, 1.165) is 25.7 Å². The Hall–Kier alpha value is -4.62. The van der Waals surface area contributed by atoms with E-state index in [2.05, 4.69) is 179 Å². The van der Waals surface area contributed by atoms with Gasteiger partial charge in [0.25, 0.3) is 0 Å². The largest absolute Gasteiger partial charge is 0.361 e. The molecule has 0 bridgehead atoms. The Morgan fingerprint density at radius 2 is 0.978 bits per heavy atom. The topological polar surface area (TPSA) is 15.8 Å². The highest BCUT2D eigenvalue weighted by atomic mass is 14.7. The minimum Gasteiger partial charge on any atom is -0.361 e. The fourth-order valence-corrected chi connectivity index (χ4v) is 5.31. The van der Waals surface area contributed by atoms with E-state index in [1.54, 1.807) is 0 Å². The van der Waals surface area contributed by atoms with Crippen molar-refractivity contribution < 1.29 is 0 Å². The standard InChI is InChI=1S/2C12H12.C10H11N.C9H12.2CH4/c1-2-10-7-5-8-11-6-3-4-9-12(10)11;1-2-10-7-8-11-5-3-4-6-12(11)9-10;1-2-8-7-11-10-6-4-3-5-9(8)10;1-3-9-6-4-8(2)5-7-9;;/h2*3-9H,2H2,1H3;3-7,11H,2H2,1H3;4-7H,3H2,1-2H3;2*1H4. The smallest absolute Gasteiger partial charge is 0.0456 e. The molecule has 1 N–H and O–H groups in total. The molecule has 1 heteroatoms. The molecule has 0 spiro atoms. The second-order valence-corrected chi connectivity index (χ2v) is 11.1. The van der Waals surface area contributed by atoms with Gasteiger partial charge in [0.1, 0.15) is 0 Å². The number of para-hydroxylation sites is 1. The van der Waals surface area contributed by atoms with Crippen LogP contribution in [0.25, 0.3) is 32.4 Å². The van der Waals surface area contributed by atoms with Gasteiger partial charge in [0.05, 0.1) is 0 Å². The van der Waals surface area contributed by atoms with Crippen molar-refractivity contribution in [2.75, 3.05) is 0 Å². The molecule has 240 valence electrons. The lowest BCUT2D eigenvalue weighted by Gasteiger charge is -2.02. The molecule has 1 nitrogen and oxygen atoms in total. The van der Waals surface area contributed by atoms with Crippen LogP contribution in [0.4, 0.5) is 0 Å². The third kappa shape index (κ3) is 10.5. The summed E-state index contributed by atoms with van der Waals surface area (Å²) >= 11 is 0. The van der Waals surface area contributed by atoms with Crippen molar-refractivity contribution in [3.8, 4) is 0 Å². The quantitative estimate of drug-likeness (QED) is 0.204. The van der Waals surface area contributed by atoms with Crippen LogP contribution in [-0.4, -0.2) is 4.98 Å². The molecule has 0 saturated heterocycles. The number of hydrogen-bond donors (Lipinski definition) is 1. The molecule has 0 aliphatic carbocycles. The molecule has 0 saturated carbocycles. The number of rotatable bonds is 4. The Labute approximate surface area is 279 Å². The van der Waals surface area contributed by atoms with E-state index < -0.39 is 0 Å². The monoisotopic (exact) mass is 609 g/mol. The summed E-state index contributed by atoms with van der Waals surface area (Å²) in [6.45, 7) is 10.8. The third-order valence-corrected chi connectivity index (χ3v) is 8.07. The Kier molecular flexibility index (Phi) is 16.1. The number of nitrogens with one attached hydrogen (secondary N) is 1. The molecular formula is C45H55N. The molecular weight excluding hydrogens is 555 g/mol. The van der Waals surface area contributed by atoms with Crippen LogP contribution in [0.2, 0.25) is 0 Å². The first-order valence-electron chi connectivity index (χ1n) is 16.1. The van der Waals surface area contributed by atoms with Gasteiger partial charge in [-0.25, -0.2) is 0 Å². The molecule has 0 unspecified atom stereocenters. The van der Waals surface area contributed by atoms with E-state index in [0.29, 0.717) is 0 Å². The lowest BCUT2D eigenvalue weighted by molar-refractivity contribution is 1.14. The normalized spacial score (nSPS) is 9.85. The highest BCUT2D eigenvalue weighted by Crippen LogP contribution is 2.19. The predicted octanol–water partition coefficient (Wildman–Crippen LogP) is 13.4. The van der Waals surface area contributed by atoms with Gasteiger partial charge in [-0.05, 0) is 82.5 Å². The number of aromatic amines is 1. The first-order valence-corrected chi connectivity index (χ1v) is 16.1. The maximum absolute atomic E-state index is 3.24. The van der Waals surface area contributed by atoms with Gasteiger partial charge in [-0.15, -0.1) is 0 Å². The Morgan fingerprint density at radius 3 is 1.63 bits per heavy atom. The molecule has 46 heavy (non-hydrogen) atoms. The molecule has 7 rings (SSSR count). The summed E-state index contributed by atoms with van der Waals surface area (Å²) in [6.07, 6.45) is 6.56. The molecule has 1 aromatic heterocycles. The molecule has 0 fully saturated rings. The summed E-state index contributed by atoms with van der Waals surface area (Å²) in [6, 6.07) is 47.2. The van der Waals surface area contributed by atoms with Crippen molar-refractivity contribution in [3.05, 3.63) is 167 Å². The molecule has 1 heterocycles. The van der Waals surface area contributed by atoms with E-state index in [9.17, 15) is 0 Å². The fourth-order valence-electron chi connectivity index (χ4n) is 5.31. The highest BCUT2D eigenvalue weighted by molar-refractivity contribution is 5.86. The summed E-state index contributed by atoms with van der Waals surface area (Å²) in [5.41, 5.74) is 8.25. The molecule has 0 amide bonds. The van der Waals surface area contributed by atoms with Gasteiger partial charge in [0.2, 0.25) is 0 Å². The van der Waals surface area contributed by atoms with Gasteiger partial charge in [0.15, 0.2) is 0 Å². The second kappa shape index (κ2) is 19.7. The minimum atomic E-state index is 0. The average molecular weight is 610 g/mol. The zero-order chi connectivity index (χ0) is 31.1. The fraction of sp³-hybridized carbons (Fsp3) is 0.244. The third-order valence-electron chi connectivity index (χ3n) is 8.07. The summed E-state index contributed by atoms with van der Waals surface area (Å²) in [7, 11) is 0.